The molecule has 1 atom stereocenters. The van der Waals surface area contributed by atoms with Gasteiger partial charge in [-0.05, 0) is 31.5 Å². The summed E-state index contributed by atoms with van der Waals surface area (Å²) in [5.74, 6) is 0.940. The van der Waals surface area contributed by atoms with E-state index in [4.69, 9.17) is 4.74 Å². The zero-order valence-corrected chi connectivity index (χ0v) is 12.6. The molecule has 1 N–H and O–H groups in total. The number of nitrogens with zero attached hydrogens (tertiary/aromatic N) is 2. The van der Waals surface area contributed by atoms with Crippen LogP contribution in [0.25, 0.3) is 0 Å². The number of para-hydroxylation sites is 1. The van der Waals surface area contributed by atoms with Crippen LogP contribution in [-0.2, 0) is 12.0 Å². The first-order chi connectivity index (χ1) is 10.3. The third-order valence-corrected chi connectivity index (χ3v) is 4.25. The van der Waals surface area contributed by atoms with E-state index < -0.39 is 0 Å². The number of benzene rings is 1. The standard InChI is InChI=1S/C17H23N3O/c1-17(8-9-18-13-17)16-12-19-14-20(16)10-5-11-21-15-6-3-2-4-7-15/h2-4,6-7,12,14,18H,5,8-11,13H2,1H3. The topological polar surface area (TPSA) is 39.1 Å². The molecular weight excluding hydrogens is 262 g/mol. The number of rotatable bonds is 6. The molecule has 0 bridgehead atoms. The molecule has 0 aliphatic carbocycles. The Hall–Kier alpha value is -1.81. The molecule has 0 saturated carbocycles. The lowest BCUT2D eigenvalue weighted by Crippen LogP contribution is -2.28. The van der Waals surface area contributed by atoms with E-state index in [0.29, 0.717) is 0 Å². The lowest BCUT2D eigenvalue weighted by atomic mass is 9.86. The van der Waals surface area contributed by atoms with Crippen LogP contribution in [0.5, 0.6) is 5.75 Å². The Bertz CT molecular complexity index is 558. The van der Waals surface area contributed by atoms with Crippen molar-refractivity contribution in [2.75, 3.05) is 19.7 Å². The molecule has 1 aliphatic rings. The van der Waals surface area contributed by atoms with Gasteiger partial charge in [0.2, 0.25) is 0 Å². The zero-order valence-electron chi connectivity index (χ0n) is 12.6. The van der Waals surface area contributed by atoms with Crippen molar-refractivity contribution in [3.8, 4) is 5.75 Å². The molecule has 1 unspecified atom stereocenters. The minimum atomic E-state index is 0.219. The maximum atomic E-state index is 5.75. The summed E-state index contributed by atoms with van der Waals surface area (Å²) in [6.07, 6.45) is 6.13. The molecule has 2 heterocycles. The lowest BCUT2D eigenvalue weighted by molar-refractivity contribution is 0.299. The van der Waals surface area contributed by atoms with Crippen molar-refractivity contribution >= 4 is 0 Å². The molecule has 1 aliphatic heterocycles. The quantitative estimate of drug-likeness (QED) is 0.829. The Morgan fingerprint density at radius 3 is 2.95 bits per heavy atom. The fourth-order valence-corrected chi connectivity index (χ4v) is 2.98. The third-order valence-electron chi connectivity index (χ3n) is 4.25. The molecular formula is C17H23N3O. The molecule has 0 radical (unpaired) electrons. The largest absolute Gasteiger partial charge is 0.494 e. The van der Waals surface area contributed by atoms with Crippen LogP contribution in [0.3, 0.4) is 0 Å². The van der Waals surface area contributed by atoms with Crippen LogP contribution < -0.4 is 10.1 Å². The minimum Gasteiger partial charge on any atom is -0.494 e. The Kier molecular flexibility index (Phi) is 4.25. The summed E-state index contributed by atoms with van der Waals surface area (Å²) in [4.78, 5) is 4.34. The van der Waals surface area contributed by atoms with E-state index >= 15 is 0 Å². The number of hydrogen-bond acceptors (Lipinski definition) is 3. The molecule has 4 nitrogen and oxygen atoms in total. The second-order valence-electron chi connectivity index (χ2n) is 5.97. The second-order valence-corrected chi connectivity index (χ2v) is 5.97. The van der Waals surface area contributed by atoms with Crippen LogP contribution >= 0.6 is 0 Å². The van der Waals surface area contributed by atoms with Crippen LogP contribution in [0.2, 0.25) is 0 Å². The summed E-state index contributed by atoms with van der Waals surface area (Å²) in [5, 5.41) is 3.45. The number of nitrogens with one attached hydrogen (secondary N) is 1. The van der Waals surface area contributed by atoms with Crippen LogP contribution in [0, 0.1) is 0 Å². The van der Waals surface area contributed by atoms with Gasteiger partial charge in [0.1, 0.15) is 5.75 Å². The molecule has 2 aromatic rings. The van der Waals surface area contributed by atoms with Gasteiger partial charge in [-0.3, -0.25) is 0 Å². The number of aromatic nitrogens is 2. The van der Waals surface area contributed by atoms with Gasteiger partial charge in [0, 0.05) is 30.4 Å². The first kappa shape index (κ1) is 14.1. The molecule has 21 heavy (non-hydrogen) atoms. The number of imidazole rings is 1. The molecule has 3 rings (SSSR count). The van der Waals surface area contributed by atoms with E-state index in [9.17, 15) is 0 Å². The Morgan fingerprint density at radius 1 is 1.33 bits per heavy atom. The van der Waals surface area contributed by atoms with Crippen molar-refractivity contribution in [1.82, 2.24) is 14.9 Å². The van der Waals surface area contributed by atoms with Crippen molar-refractivity contribution in [3.63, 3.8) is 0 Å². The van der Waals surface area contributed by atoms with Gasteiger partial charge in [-0.1, -0.05) is 25.1 Å². The maximum Gasteiger partial charge on any atom is 0.119 e. The van der Waals surface area contributed by atoms with E-state index in [0.717, 1.165) is 38.4 Å². The number of ether oxygens (including phenoxy) is 1. The predicted molar refractivity (Wildman–Crippen MR) is 83.6 cm³/mol. The van der Waals surface area contributed by atoms with Gasteiger partial charge in [-0.15, -0.1) is 0 Å². The molecule has 1 fully saturated rings. The molecule has 1 aromatic heterocycles. The highest BCUT2D eigenvalue weighted by Gasteiger charge is 2.33. The van der Waals surface area contributed by atoms with Crippen molar-refractivity contribution in [2.24, 2.45) is 0 Å². The normalized spacial score (nSPS) is 21.6. The summed E-state index contributed by atoms with van der Waals surface area (Å²) < 4.78 is 8.03. The van der Waals surface area contributed by atoms with Crippen molar-refractivity contribution in [1.29, 1.82) is 0 Å². The Balaban J connectivity index is 1.53. The summed E-state index contributed by atoms with van der Waals surface area (Å²) in [6.45, 7) is 6.15. The van der Waals surface area contributed by atoms with Crippen molar-refractivity contribution in [2.45, 2.75) is 31.7 Å². The summed E-state index contributed by atoms with van der Waals surface area (Å²) >= 11 is 0. The van der Waals surface area contributed by atoms with E-state index in [-0.39, 0.29) is 5.41 Å². The summed E-state index contributed by atoms with van der Waals surface area (Å²) in [7, 11) is 0. The Labute approximate surface area is 126 Å². The first-order valence-electron chi connectivity index (χ1n) is 7.67. The van der Waals surface area contributed by atoms with Crippen LogP contribution in [0.15, 0.2) is 42.9 Å². The fraction of sp³-hybridized carbons (Fsp3) is 0.471. The van der Waals surface area contributed by atoms with Crippen LogP contribution in [0.1, 0.15) is 25.5 Å². The second kappa shape index (κ2) is 6.31. The van der Waals surface area contributed by atoms with Gasteiger partial charge in [-0.2, -0.15) is 0 Å². The fourth-order valence-electron chi connectivity index (χ4n) is 2.98. The van der Waals surface area contributed by atoms with E-state index in [1.54, 1.807) is 0 Å². The average Bonchev–Trinajstić information content (AvgIpc) is 3.14. The minimum absolute atomic E-state index is 0.219. The molecule has 4 heteroatoms. The smallest absolute Gasteiger partial charge is 0.119 e. The summed E-state index contributed by atoms with van der Waals surface area (Å²) in [6, 6.07) is 9.98. The van der Waals surface area contributed by atoms with Gasteiger partial charge in [0.15, 0.2) is 0 Å². The summed E-state index contributed by atoms with van der Waals surface area (Å²) in [5.41, 5.74) is 1.56. The first-order valence-corrected chi connectivity index (χ1v) is 7.67. The monoisotopic (exact) mass is 285 g/mol. The number of aryl methyl sites for hydroxylation is 1. The Morgan fingerprint density at radius 2 is 2.19 bits per heavy atom. The van der Waals surface area contributed by atoms with E-state index in [2.05, 4.69) is 21.8 Å². The zero-order chi connectivity index (χ0) is 14.5. The molecule has 0 spiro atoms. The van der Waals surface area contributed by atoms with Gasteiger partial charge in [0.25, 0.3) is 0 Å². The van der Waals surface area contributed by atoms with Gasteiger partial charge >= 0.3 is 0 Å². The van der Waals surface area contributed by atoms with Crippen molar-refractivity contribution < 1.29 is 4.74 Å². The van der Waals surface area contributed by atoms with Gasteiger partial charge < -0.3 is 14.6 Å². The van der Waals surface area contributed by atoms with Crippen molar-refractivity contribution in [3.05, 3.63) is 48.5 Å². The molecule has 112 valence electrons. The van der Waals surface area contributed by atoms with Gasteiger partial charge in [0.05, 0.1) is 12.9 Å². The molecule has 1 saturated heterocycles. The van der Waals surface area contributed by atoms with Crippen LogP contribution in [-0.4, -0.2) is 29.2 Å². The van der Waals surface area contributed by atoms with E-state index in [1.165, 1.54) is 12.1 Å². The van der Waals surface area contributed by atoms with Gasteiger partial charge in [-0.25, -0.2) is 4.98 Å². The lowest BCUT2D eigenvalue weighted by Gasteiger charge is -2.24. The third kappa shape index (κ3) is 3.27. The highest BCUT2D eigenvalue weighted by molar-refractivity contribution is 5.21. The van der Waals surface area contributed by atoms with Crippen LogP contribution in [0.4, 0.5) is 0 Å². The molecule has 1 aromatic carbocycles. The predicted octanol–water partition coefficient (Wildman–Crippen LogP) is 2.60. The highest BCUT2D eigenvalue weighted by atomic mass is 16.5. The highest BCUT2D eigenvalue weighted by Crippen LogP contribution is 2.29. The average molecular weight is 285 g/mol. The molecule has 0 amide bonds. The number of hydrogen-bond donors (Lipinski definition) is 1. The van der Waals surface area contributed by atoms with E-state index in [1.807, 2.05) is 42.9 Å². The maximum absolute atomic E-state index is 5.75. The SMILES string of the molecule is CC1(c2cncn2CCCOc2ccccc2)CCNC1.